The van der Waals surface area contributed by atoms with Crippen LogP contribution in [0.5, 0.6) is 5.75 Å². The number of hydrogen-bond acceptors (Lipinski definition) is 9. The van der Waals surface area contributed by atoms with Crippen LogP contribution in [0.1, 0.15) is 61.4 Å². The molecule has 0 radical (unpaired) electrons. The highest BCUT2D eigenvalue weighted by Crippen LogP contribution is 2.38. The number of nitrogens with zero attached hydrogens (tertiary/aromatic N) is 7. The van der Waals surface area contributed by atoms with E-state index < -0.39 is 0 Å². The molecule has 12 heteroatoms. The minimum absolute atomic E-state index is 0.212. The number of nitrogens with one attached hydrogen (secondary N) is 3. The quantitative estimate of drug-likeness (QED) is 0.220. The maximum absolute atomic E-state index is 10.6. The van der Waals surface area contributed by atoms with Crippen LogP contribution in [-0.4, -0.2) is 61.1 Å². The lowest BCUT2D eigenvalue weighted by atomic mass is 9.96. The second-order valence-electron chi connectivity index (χ2n) is 11.4. The second-order valence-corrected chi connectivity index (χ2v) is 11.8. The molecular formula is C31H36N10OS. The number of anilines is 5. The van der Waals surface area contributed by atoms with Gasteiger partial charge in [0.1, 0.15) is 11.6 Å². The van der Waals surface area contributed by atoms with Gasteiger partial charge in [0.15, 0.2) is 5.11 Å². The number of aryl methyl sites for hydroxylation is 1. The maximum Gasteiger partial charge on any atom is 0.233 e. The highest BCUT2D eigenvalue weighted by molar-refractivity contribution is 7.80. The maximum atomic E-state index is 10.6. The number of thiocarbonyl (C=S) groups is 1. The van der Waals surface area contributed by atoms with Crippen molar-refractivity contribution in [3.8, 4) is 11.4 Å². The van der Waals surface area contributed by atoms with E-state index in [-0.39, 0.29) is 11.8 Å². The topological polar surface area (TPSA) is 119 Å². The standard InChI is InChI=1S/C31H36N10OS/c1-20-25-26(23-10-4-5-11-24(23)42)33-31(43)34-27(25)41(38-20)22-14-12-21(13-15-22)32-28-35-29(39-16-6-2-7-17-39)37-30(36-28)40-18-8-3-9-19-40/h4-5,10-15,26,42H,2-3,6-9,16-19H2,1H3,(H2,33,34,43)(H,32,35,36,37). The molecular weight excluding hydrogens is 560 g/mol. The third-order valence-corrected chi connectivity index (χ3v) is 8.63. The normalized spacial score (nSPS) is 18.5. The van der Waals surface area contributed by atoms with Crippen LogP contribution < -0.4 is 25.8 Å². The molecule has 7 rings (SSSR count). The minimum atomic E-state index is -0.313. The van der Waals surface area contributed by atoms with E-state index in [1.165, 1.54) is 12.8 Å². The van der Waals surface area contributed by atoms with Gasteiger partial charge in [-0.15, -0.1) is 0 Å². The summed E-state index contributed by atoms with van der Waals surface area (Å²) in [7, 11) is 0. The number of phenols is 1. The van der Waals surface area contributed by atoms with Gasteiger partial charge in [-0.2, -0.15) is 20.1 Å². The lowest BCUT2D eigenvalue weighted by molar-refractivity contribution is 0.463. The summed E-state index contributed by atoms with van der Waals surface area (Å²) in [6.45, 7) is 5.87. The molecule has 3 aliphatic rings. The van der Waals surface area contributed by atoms with Crippen molar-refractivity contribution in [2.45, 2.75) is 51.5 Å². The Morgan fingerprint density at radius 3 is 2.09 bits per heavy atom. The molecule has 0 bridgehead atoms. The summed E-state index contributed by atoms with van der Waals surface area (Å²) in [6.07, 6.45) is 7.15. The molecule has 2 aromatic heterocycles. The Kier molecular flexibility index (Phi) is 7.44. The predicted octanol–water partition coefficient (Wildman–Crippen LogP) is 5.18. The predicted molar refractivity (Wildman–Crippen MR) is 173 cm³/mol. The fourth-order valence-electron chi connectivity index (χ4n) is 6.20. The summed E-state index contributed by atoms with van der Waals surface area (Å²) >= 11 is 5.55. The molecule has 2 saturated heterocycles. The molecule has 2 aromatic carbocycles. The Morgan fingerprint density at radius 2 is 1.47 bits per heavy atom. The smallest absolute Gasteiger partial charge is 0.233 e. The zero-order valence-electron chi connectivity index (χ0n) is 24.3. The second kappa shape index (κ2) is 11.7. The van der Waals surface area contributed by atoms with E-state index in [9.17, 15) is 5.11 Å². The summed E-state index contributed by atoms with van der Waals surface area (Å²) < 4.78 is 1.86. The van der Waals surface area contributed by atoms with Gasteiger partial charge in [-0.05, 0) is 88.0 Å². The largest absolute Gasteiger partial charge is 0.508 e. The molecule has 5 heterocycles. The average molecular weight is 597 g/mol. The zero-order valence-corrected chi connectivity index (χ0v) is 25.1. The van der Waals surface area contributed by atoms with Gasteiger partial charge >= 0.3 is 0 Å². The van der Waals surface area contributed by atoms with Gasteiger partial charge in [-0.25, -0.2) is 4.68 Å². The van der Waals surface area contributed by atoms with Crippen molar-refractivity contribution < 1.29 is 5.11 Å². The molecule has 1 atom stereocenters. The minimum Gasteiger partial charge on any atom is -0.508 e. The SMILES string of the molecule is Cc1nn(-c2ccc(Nc3nc(N4CCCCC4)nc(N4CCCCC4)n3)cc2)c2c1C(c1ccccc1O)NC(=S)N2. The molecule has 4 aromatic rings. The van der Waals surface area contributed by atoms with Gasteiger partial charge in [0.25, 0.3) is 0 Å². The number of para-hydroxylation sites is 1. The molecule has 1 unspecified atom stereocenters. The summed E-state index contributed by atoms with van der Waals surface area (Å²) in [5.74, 6) is 3.05. The Balaban J connectivity index is 1.17. The molecule has 0 aliphatic carbocycles. The average Bonchev–Trinajstić information content (AvgIpc) is 3.37. The molecule has 3 aliphatic heterocycles. The van der Waals surface area contributed by atoms with Crippen LogP contribution in [0.25, 0.3) is 5.69 Å². The number of benzene rings is 2. The fraction of sp³-hybridized carbons (Fsp3) is 0.387. The van der Waals surface area contributed by atoms with E-state index in [2.05, 4.69) is 25.8 Å². The van der Waals surface area contributed by atoms with Crippen LogP contribution >= 0.6 is 12.2 Å². The Morgan fingerprint density at radius 1 is 0.837 bits per heavy atom. The van der Waals surface area contributed by atoms with E-state index in [0.29, 0.717) is 11.1 Å². The van der Waals surface area contributed by atoms with Crippen molar-refractivity contribution in [1.29, 1.82) is 0 Å². The Bertz CT molecular complexity index is 1590. The summed E-state index contributed by atoms with van der Waals surface area (Å²) in [5.41, 5.74) is 4.28. The van der Waals surface area contributed by atoms with Crippen LogP contribution in [0.2, 0.25) is 0 Å². The summed E-state index contributed by atoms with van der Waals surface area (Å²) in [4.78, 5) is 19.1. The monoisotopic (exact) mass is 596 g/mol. The third-order valence-electron chi connectivity index (χ3n) is 8.41. The van der Waals surface area contributed by atoms with Crippen LogP contribution in [0, 0.1) is 6.92 Å². The van der Waals surface area contributed by atoms with Crippen LogP contribution in [0.3, 0.4) is 0 Å². The summed E-state index contributed by atoms with van der Waals surface area (Å²) in [6, 6.07) is 15.0. The molecule has 2 fully saturated rings. The molecule has 222 valence electrons. The van der Waals surface area contributed by atoms with E-state index in [4.69, 9.17) is 32.3 Å². The summed E-state index contributed by atoms with van der Waals surface area (Å²) in [5, 5.41) is 25.9. The van der Waals surface area contributed by atoms with Crippen molar-refractivity contribution >= 4 is 46.7 Å². The number of piperidine rings is 2. The van der Waals surface area contributed by atoms with E-state index >= 15 is 0 Å². The lowest BCUT2D eigenvalue weighted by Gasteiger charge is -2.30. The first-order chi connectivity index (χ1) is 21.0. The first-order valence-corrected chi connectivity index (χ1v) is 15.5. The molecule has 0 spiro atoms. The number of aromatic hydroxyl groups is 1. The van der Waals surface area contributed by atoms with Crippen LogP contribution in [-0.2, 0) is 0 Å². The number of aromatic nitrogens is 5. The van der Waals surface area contributed by atoms with Gasteiger partial charge in [0, 0.05) is 43.0 Å². The van der Waals surface area contributed by atoms with Crippen molar-refractivity contribution in [3.05, 3.63) is 65.4 Å². The molecule has 4 N–H and O–H groups in total. The first kappa shape index (κ1) is 27.4. The molecule has 0 amide bonds. The zero-order chi connectivity index (χ0) is 29.3. The van der Waals surface area contributed by atoms with E-state index in [1.807, 2.05) is 54.1 Å². The van der Waals surface area contributed by atoms with Crippen molar-refractivity contribution in [1.82, 2.24) is 30.0 Å². The third kappa shape index (κ3) is 5.54. The molecule has 0 saturated carbocycles. The van der Waals surface area contributed by atoms with Gasteiger partial charge in [-0.1, -0.05) is 18.2 Å². The Labute approximate surface area is 256 Å². The Hall–Kier alpha value is -4.45. The van der Waals surface area contributed by atoms with Crippen molar-refractivity contribution in [2.24, 2.45) is 0 Å². The van der Waals surface area contributed by atoms with Crippen molar-refractivity contribution in [3.63, 3.8) is 0 Å². The number of fused-ring (bicyclic) bond motifs is 1. The van der Waals surface area contributed by atoms with Crippen molar-refractivity contribution in [2.75, 3.05) is 46.6 Å². The number of phenolic OH excluding ortho intramolecular Hbond substituents is 1. The van der Waals surface area contributed by atoms with Gasteiger partial charge in [0.05, 0.1) is 17.4 Å². The highest BCUT2D eigenvalue weighted by Gasteiger charge is 2.32. The molecule has 43 heavy (non-hydrogen) atoms. The van der Waals surface area contributed by atoms with Gasteiger partial charge < -0.3 is 30.9 Å². The van der Waals surface area contributed by atoms with Gasteiger partial charge in [0.2, 0.25) is 17.8 Å². The molecule has 11 nitrogen and oxygen atoms in total. The first-order valence-electron chi connectivity index (χ1n) is 15.1. The fourth-order valence-corrected chi connectivity index (χ4v) is 6.41. The lowest BCUT2D eigenvalue weighted by Crippen LogP contribution is -2.38. The van der Waals surface area contributed by atoms with E-state index in [0.717, 1.165) is 97.8 Å². The van der Waals surface area contributed by atoms with Crippen LogP contribution in [0.4, 0.5) is 29.4 Å². The van der Waals surface area contributed by atoms with Crippen LogP contribution in [0.15, 0.2) is 48.5 Å². The van der Waals surface area contributed by atoms with Gasteiger partial charge in [-0.3, -0.25) is 0 Å². The highest BCUT2D eigenvalue weighted by atomic mass is 32.1. The number of hydrogen-bond donors (Lipinski definition) is 4. The van der Waals surface area contributed by atoms with E-state index in [1.54, 1.807) is 6.07 Å². The number of rotatable bonds is 6.